The number of carbonyl (C=O) groups is 2. The fourth-order valence-corrected chi connectivity index (χ4v) is 4.53. The number of fused-ring (bicyclic) bond motifs is 1. The minimum absolute atomic E-state index is 0.271. The fraction of sp³-hybridized carbons (Fsp3) is 0.583. The average molecular weight is 447 g/mol. The lowest BCUT2D eigenvalue weighted by atomic mass is 9.99. The summed E-state index contributed by atoms with van der Waals surface area (Å²) >= 11 is 0. The molecule has 0 saturated heterocycles. The standard InChI is InChI=1S/C24H34N2O6/c1-26-18-10-6-5-9-16(18)12-13-17(24(26)31)25-23(30)22(32-2)21(29)20(28)19(27)14-11-15-7-3-4-8-15/h5-6,9-11,14-15,17,19-22,27-29H,3-4,7-8,12-13H2,1-2H3,(H,25,30)/t17?,19-,20+,21-,22-/m1/s1. The van der Waals surface area contributed by atoms with Gasteiger partial charge in [0.1, 0.15) is 24.4 Å². The summed E-state index contributed by atoms with van der Waals surface area (Å²) in [5.74, 6) is -0.630. The molecule has 0 aromatic heterocycles. The van der Waals surface area contributed by atoms with Gasteiger partial charge in [-0.25, -0.2) is 0 Å². The topological polar surface area (TPSA) is 119 Å². The summed E-state index contributed by atoms with van der Waals surface area (Å²) in [6.07, 6.45) is 2.63. The average Bonchev–Trinajstić information content (AvgIpc) is 3.29. The number of para-hydroxylation sites is 1. The number of aliphatic hydroxyl groups is 3. The summed E-state index contributed by atoms with van der Waals surface area (Å²) in [6, 6.07) is 6.76. The van der Waals surface area contributed by atoms with Crippen LogP contribution in [0.4, 0.5) is 5.69 Å². The maximum absolute atomic E-state index is 12.9. The molecule has 1 saturated carbocycles. The van der Waals surface area contributed by atoms with Gasteiger partial charge >= 0.3 is 0 Å². The van der Waals surface area contributed by atoms with Crippen molar-refractivity contribution in [2.75, 3.05) is 19.1 Å². The van der Waals surface area contributed by atoms with Crippen LogP contribution in [0.5, 0.6) is 0 Å². The number of rotatable bonds is 8. The Morgan fingerprint density at radius 2 is 1.84 bits per heavy atom. The highest BCUT2D eigenvalue weighted by atomic mass is 16.5. The van der Waals surface area contributed by atoms with Crippen molar-refractivity contribution in [3.8, 4) is 0 Å². The van der Waals surface area contributed by atoms with Gasteiger partial charge in [-0.15, -0.1) is 0 Å². The second kappa shape index (κ2) is 11.0. The Morgan fingerprint density at radius 1 is 1.16 bits per heavy atom. The number of benzene rings is 1. The van der Waals surface area contributed by atoms with E-state index in [0.717, 1.165) is 36.9 Å². The predicted octanol–water partition coefficient (Wildman–Crippen LogP) is 0.924. The Kier molecular flexibility index (Phi) is 8.42. The molecule has 0 radical (unpaired) electrons. The number of allylic oxidation sites excluding steroid dienone is 1. The van der Waals surface area contributed by atoms with Crippen LogP contribution in [0.25, 0.3) is 0 Å². The third kappa shape index (κ3) is 5.56. The first-order valence-corrected chi connectivity index (χ1v) is 11.2. The summed E-state index contributed by atoms with van der Waals surface area (Å²) in [5, 5.41) is 33.8. The Balaban J connectivity index is 1.62. The van der Waals surface area contributed by atoms with Crippen LogP contribution in [-0.4, -0.2) is 71.7 Å². The molecule has 32 heavy (non-hydrogen) atoms. The van der Waals surface area contributed by atoms with Gasteiger partial charge < -0.3 is 30.3 Å². The number of hydrogen-bond donors (Lipinski definition) is 4. The van der Waals surface area contributed by atoms with Crippen LogP contribution in [0, 0.1) is 5.92 Å². The van der Waals surface area contributed by atoms with Crippen LogP contribution >= 0.6 is 0 Å². The van der Waals surface area contributed by atoms with E-state index in [-0.39, 0.29) is 5.91 Å². The SMILES string of the molecule is CO[C@@H](C(=O)NC1CCc2ccccc2N(C)C1=O)[C@H](O)[C@@H](O)[C@H](O)C=CC1CCCC1. The minimum Gasteiger partial charge on any atom is -0.387 e. The van der Waals surface area contributed by atoms with Gasteiger partial charge in [-0.1, -0.05) is 43.2 Å². The van der Waals surface area contributed by atoms with Crippen molar-refractivity contribution in [2.24, 2.45) is 5.92 Å². The van der Waals surface area contributed by atoms with Gasteiger partial charge in [-0.2, -0.15) is 0 Å². The number of carbonyl (C=O) groups excluding carboxylic acids is 2. The zero-order valence-electron chi connectivity index (χ0n) is 18.7. The Morgan fingerprint density at radius 3 is 2.53 bits per heavy atom. The number of aliphatic hydroxyl groups excluding tert-OH is 3. The second-order valence-electron chi connectivity index (χ2n) is 8.68. The Bertz CT molecular complexity index is 822. The molecule has 2 aliphatic rings. The molecule has 4 N–H and O–H groups in total. The predicted molar refractivity (Wildman–Crippen MR) is 120 cm³/mol. The highest BCUT2D eigenvalue weighted by molar-refractivity contribution is 6.00. The van der Waals surface area contributed by atoms with Crippen LogP contribution in [0.15, 0.2) is 36.4 Å². The van der Waals surface area contributed by atoms with E-state index >= 15 is 0 Å². The normalized spacial score (nSPS) is 23.5. The first-order valence-electron chi connectivity index (χ1n) is 11.2. The number of aryl methyl sites for hydroxylation is 1. The molecule has 3 rings (SSSR count). The number of methoxy groups -OCH3 is 1. The van der Waals surface area contributed by atoms with E-state index in [1.807, 2.05) is 30.3 Å². The van der Waals surface area contributed by atoms with Crippen molar-refractivity contribution in [1.82, 2.24) is 5.32 Å². The van der Waals surface area contributed by atoms with Crippen molar-refractivity contribution < 1.29 is 29.6 Å². The zero-order chi connectivity index (χ0) is 23.3. The van der Waals surface area contributed by atoms with Crippen molar-refractivity contribution in [3.05, 3.63) is 42.0 Å². The first kappa shape index (κ1) is 24.4. The molecule has 1 unspecified atom stereocenters. The minimum atomic E-state index is -1.67. The van der Waals surface area contributed by atoms with Crippen molar-refractivity contribution in [1.29, 1.82) is 0 Å². The molecule has 5 atom stereocenters. The maximum Gasteiger partial charge on any atom is 0.252 e. The molecule has 2 amide bonds. The van der Waals surface area contributed by atoms with E-state index in [1.54, 1.807) is 7.05 Å². The molecule has 1 aliphatic heterocycles. The molecule has 1 aliphatic carbocycles. The summed E-state index contributed by atoms with van der Waals surface area (Å²) in [4.78, 5) is 27.2. The summed E-state index contributed by atoms with van der Waals surface area (Å²) in [5.41, 5.74) is 1.81. The molecule has 1 aromatic carbocycles. The van der Waals surface area contributed by atoms with E-state index in [2.05, 4.69) is 5.32 Å². The van der Waals surface area contributed by atoms with Crippen molar-refractivity contribution >= 4 is 17.5 Å². The number of anilines is 1. The highest BCUT2D eigenvalue weighted by Crippen LogP contribution is 2.27. The lowest BCUT2D eigenvalue weighted by molar-refractivity contribution is -0.150. The van der Waals surface area contributed by atoms with Crippen molar-refractivity contribution in [3.63, 3.8) is 0 Å². The first-order chi connectivity index (χ1) is 15.3. The molecular weight excluding hydrogens is 412 g/mol. The number of nitrogens with zero attached hydrogens (tertiary/aromatic N) is 1. The van der Waals surface area contributed by atoms with Gasteiger partial charge in [0.2, 0.25) is 5.91 Å². The molecule has 0 spiro atoms. The Hall–Kier alpha value is -2.26. The molecule has 1 heterocycles. The zero-order valence-corrected chi connectivity index (χ0v) is 18.7. The van der Waals surface area contributed by atoms with Crippen LogP contribution in [0.2, 0.25) is 0 Å². The third-order valence-electron chi connectivity index (χ3n) is 6.50. The van der Waals surface area contributed by atoms with E-state index in [9.17, 15) is 24.9 Å². The van der Waals surface area contributed by atoms with Gasteiger partial charge in [-0.05, 0) is 43.2 Å². The number of ether oxygens (including phenoxy) is 1. The molecular formula is C24H34N2O6. The van der Waals surface area contributed by atoms with E-state index in [1.165, 1.54) is 18.1 Å². The fourth-order valence-electron chi connectivity index (χ4n) is 4.53. The molecule has 0 bridgehead atoms. The smallest absolute Gasteiger partial charge is 0.252 e. The number of nitrogens with one attached hydrogen (secondary N) is 1. The second-order valence-corrected chi connectivity index (χ2v) is 8.68. The summed E-state index contributed by atoms with van der Waals surface area (Å²) < 4.78 is 5.14. The molecule has 8 nitrogen and oxygen atoms in total. The monoisotopic (exact) mass is 446 g/mol. The van der Waals surface area contributed by atoms with Crippen molar-refractivity contribution in [2.45, 2.75) is 69.0 Å². The summed E-state index contributed by atoms with van der Waals surface area (Å²) in [7, 11) is 2.89. The summed E-state index contributed by atoms with van der Waals surface area (Å²) in [6.45, 7) is 0. The van der Waals surface area contributed by atoms with E-state index in [4.69, 9.17) is 4.74 Å². The highest BCUT2D eigenvalue weighted by Gasteiger charge is 2.38. The van der Waals surface area contributed by atoms with E-state index < -0.39 is 36.4 Å². The number of hydrogen-bond acceptors (Lipinski definition) is 6. The van der Waals surface area contributed by atoms with Gasteiger partial charge in [0.15, 0.2) is 6.10 Å². The largest absolute Gasteiger partial charge is 0.387 e. The van der Waals surface area contributed by atoms with Gasteiger partial charge in [0.05, 0.1) is 0 Å². The number of likely N-dealkylation sites (N-methyl/N-ethyl adjacent to an activating group) is 1. The van der Waals surface area contributed by atoms with Gasteiger partial charge in [0, 0.05) is 19.8 Å². The molecule has 8 heteroatoms. The quantitative estimate of drug-likeness (QED) is 0.441. The molecule has 1 aromatic rings. The molecule has 1 fully saturated rings. The molecule has 176 valence electrons. The van der Waals surface area contributed by atoms with Crippen LogP contribution in [0.3, 0.4) is 0 Å². The number of amides is 2. The Labute approximate surface area is 188 Å². The third-order valence-corrected chi connectivity index (χ3v) is 6.50. The lowest BCUT2D eigenvalue weighted by Gasteiger charge is -2.29. The maximum atomic E-state index is 12.9. The lowest BCUT2D eigenvalue weighted by Crippen LogP contribution is -2.55. The van der Waals surface area contributed by atoms with Crippen LogP contribution in [-0.2, 0) is 20.7 Å². The van der Waals surface area contributed by atoms with Crippen LogP contribution in [0.1, 0.15) is 37.7 Å². The van der Waals surface area contributed by atoms with Gasteiger partial charge in [-0.3, -0.25) is 9.59 Å². The van der Waals surface area contributed by atoms with Crippen LogP contribution < -0.4 is 10.2 Å². The van der Waals surface area contributed by atoms with E-state index in [0.29, 0.717) is 18.8 Å². The van der Waals surface area contributed by atoms with Gasteiger partial charge in [0.25, 0.3) is 5.91 Å².